The Morgan fingerprint density at radius 1 is 1.44 bits per heavy atom. The van der Waals surface area contributed by atoms with E-state index < -0.39 is 0 Å². The first-order valence-corrected chi connectivity index (χ1v) is 7.27. The maximum Gasteiger partial charge on any atom is 0.225 e. The number of nitrogens with zero attached hydrogens (tertiary/aromatic N) is 2. The molecule has 6 unspecified atom stereocenters. The summed E-state index contributed by atoms with van der Waals surface area (Å²) in [7, 11) is 3.58. The highest BCUT2D eigenvalue weighted by Gasteiger charge is 2.49. The summed E-state index contributed by atoms with van der Waals surface area (Å²) in [6, 6.07) is 2.18. The van der Waals surface area contributed by atoms with E-state index in [9.17, 15) is 4.79 Å². The van der Waals surface area contributed by atoms with Gasteiger partial charge in [-0.1, -0.05) is 22.9 Å². The molecule has 6 atom stereocenters. The van der Waals surface area contributed by atoms with Crippen LogP contribution in [0.2, 0.25) is 0 Å². The first kappa shape index (κ1) is 13.8. The molecule has 0 aromatic carbocycles. The van der Waals surface area contributed by atoms with Gasteiger partial charge in [0.05, 0.1) is 12.2 Å². The van der Waals surface area contributed by atoms with Gasteiger partial charge in [0.2, 0.25) is 5.91 Å². The molecule has 18 heavy (non-hydrogen) atoms. The van der Waals surface area contributed by atoms with Crippen molar-refractivity contribution >= 4 is 21.8 Å². The van der Waals surface area contributed by atoms with Crippen LogP contribution in [0.15, 0.2) is 0 Å². The molecule has 2 aliphatic rings. The number of ether oxygens (including phenoxy) is 1. The van der Waals surface area contributed by atoms with Crippen LogP contribution >= 0.6 is 15.9 Å². The lowest BCUT2D eigenvalue weighted by Crippen LogP contribution is -2.46. The number of carbonyl (C=O) groups excluding carboxylic acids is 1. The molecule has 1 aliphatic carbocycles. The van der Waals surface area contributed by atoms with E-state index in [0.29, 0.717) is 5.92 Å². The Hall–Kier alpha value is -0.600. The van der Waals surface area contributed by atoms with Crippen LogP contribution in [-0.2, 0) is 9.53 Å². The zero-order valence-electron chi connectivity index (χ0n) is 11.0. The molecule has 1 amide bonds. The van der Waals surface area contributed by atoms with Crippen molar-refractivity contribution in [2.24, 2.45) is 17.8 Å². The molecule has 100 valence electrons. The van der Waals surface area contributed by atoms with E-state index in [4.69, 9.17) is 10.00 Å². The van der Waals surface area contributed by atoms with Gasteiger partial charge in [-0.15, -0.1) is 0 Å². The molecule has 0 aromatic rings. The van der Waals surface area contributed by atoms with Crippen LogP contribution in [0.4, 0.5) is 0 Å². The molecular weight excluding hydrogens is 296 g/mol. The number of nitriles is 1. The lowest BCUT2D eigenvalue weighted by Gasteiger charge is -2.40. The van der Waals surface area contributed by atoms with Gasteiger partial charge in [-0.3, -0.25) is 4.79 Å². The van der Waals surface area contributed by atoms with Crippen LogP contribution in [0.25, 0.3) is 0 Å². The number of halogens is 1. The Morgan fingerprint density at radius 2 is 2.11 bits per heavy atom. The standard InChI is InChI=1S/C13H19BrN2O2/c1-7-9(13(17)16(2)3)5-11-10(12(7)14)4-8(6-15)18-11/h7-12H,4-5H2,1-3H3. The summed E-state index contributed by atoms with van der Waals surface area (Å²) in [4.78, 5) is 14.1. The fourth-order valence-corrected chi connectivity index (χ4v) is 4.07. The number of hydrogen-bond acceptors (Lipinski definition) is 3. The van der Waals surface area contributed by atoms with Gasteiger partial charge < -0.3 is 9.64 Å². The highest BCUT2D eigenvalue weighted by Crippen LogP contribution is 2.46. The van der Waals surface area contributed by atoms with E-state index in [-0.39, 0.29) is 34.8 Å². The summed E-state index contributed by atoms with van der Waals surface area (Å²) in [5.41, 5.74) is 0. The lowest BCUT2D eigenvalue weighted by atomic mass is 9.72. The Kier molecular flexibility index (Phi) is 3.98. The molecule has 5 heteroatoms. The topological polar surface area (TPSA) is 53.3 Å². The van der Waals surface area contributed by atoms with E-state index in [1.165, 1.54) is 0 Å². The molecular formula is C13H19BrN2O2. The van der Waals surface area contributed by atoms with E-state index in [0.717, 1.165) is 12.8 Å². The summed E-state index contributed by atoms with van der Waals surface area (Å²) in [6.07, 6.45) is 1.26. The fourth-order valence-electron chi connectivity index (χ4n) is 3.15. The molecule has 4 nitrogen and oxygen atoms in total. The molecule has 0 spiro atoms. The number of carbonyl (C=O) groups is 1. The second-order valence-corrected chi connectivity index (χ2v) is 6.63. The predicted octanol–water partition coefficient (Wildman–Crippen LogP) is 1.79. The van der Waals surface area contributed by atoms with Crippen molar-refractivity contribution < 1.29 is 9.53 Å². The minimum Gasteiger partial charge on any atom is -0.360 e. The molecule has 1 aliphatic heterocycles. The SMILES string of the molecule is CC1C(C(=O)N(C)C)CC2OC(C#N)CC2C1Br. The smallest absolute Gasteiger partial charge is 0.225 e. The molecule has 0 bridgehead atoms. The van der Waals surface area contributed by atoms with Crippen LogP contribution in [0.5, 0.6) is 0 Å². The number of amides is 1. The number of fused-ring (bicyclic) bond motifs is 1. The van der Waals surface area contributed by atoms with Crippen molar-refractivity contribution in [2.45, 2.75) is 36.8 Å². The van der Waals surface area contributed by atoms with E-state index >= 15 is 0 Å². The average Bonchev–Trinajstić information content (AvgIpc) is 2.76. The molecule has 0 N–H and O–H groups in total. The molecule has 2 rings (SSSR count). The van der Waals surface area contributed by atoms with Crippen LogP contribution in [0.3, 0.4) is 0 Å². The first-order chi connectivity index (χ1) is 8.45. The monoisotopic (exact) mass is 314 g/mol. The van der Waals surface area contributed by atoms with Crippen molar-refractivity contribution in [1.29, 1.82) is 5.26 Å². The Labute approximate surface area is 116 Å². The van der Waals surface area contributed by atoms with Gasteiger partial charge in [0.25, 0.3) is 0 Å². The predicted molar refractivity (Wildman–Crippen MR) is 71.1 cm³/mol. The third-order valence-corrected chi connectivity index (χ3v) is 5.75. The van der Waals surface area contributed by atoms with Crippen molar-refractivity contribution in [3.63, 3.8) is 0 Å². The summed E-state index contributed by atoms with van der Waals surface area (Å²) < 4.78 is 5.73. The molecule has 1 saturated heterocycles. The summed E-state index contributed by atoms with van der Waals surface area (Å²) >= 11 is 3.72. The van der Waals surface area contributed by atoms with Gasteiger partial charge >= 0.3 is 0 Å². The average molecular weight is 315 g/mol. The van der Waals surface area contributed by atoms with Gasteiger partial charge in [0, 0.05) is 30.8 Å². The van der Waals surface area contributed by atoms with Gasteiger partial charge in [-0.05, 0) is 18.8 Å². The van der Waals surface area contributed by atoms with Gasteiger partial charge in [-0.2, -0.15) is 5.26 Å². The minimum absolute atomic E-state index is 0.0110. The van der Waals surface area contributed by atoms with Crippen molar-refractivity contribution in [1.82, 2.24) is 4.90 Å². The van der Waals surface area contributed by atoms with Crippen molar-refractivity contribution in [3.05, 3.63) is 0 Å². The van der Waals surface area contributed by atoms with Crippen LogP contribution in [0, 0.1) is 29.1 Å². The van der Waals surface area contributed by atoms with Crippen LogP contribution in [-0.4, -0.2) is 41.9 Å². The third-order valence-electron chi connectivity index (χ3n) is 4.24. The van der Waals surface area contributed by atoms with Crippen molar-refractivity contribution in [2.75, 3.05) is 14.1 Å². The third kappa shape index (κ3) is 2.28. The zero-order chi connectivity index (χ0) is 13.4. The lowest BCUT2D eigenvalue weighted by molar-refractivity contribution is -0.138. The molecule has 1 saturated carbocycles. The normalized spacial score (nSPS) is 43.1. The highest BCUT2D eigenvalue weighted by molar-refractivity contribution is 9.09. The fraction of sp³-hybridized carbons (Fsp3) is 0.846. The summed E-state index contributed by atoms with van der Waals surface area (Å²) in [6.45, 7) is 2.11. The highest BCUT2D eigenvalue weighted by atomic mass is 79.9. The minimum atomic E-state index is -0.305. The van der Waals surface area contributed by atoms with Crippen LogP contribution < -0.4 is 0 Å². The maximum atomic E-state index is 12.2. The van der Waals surface area contributed by atoms with Gasteiger partial charge in [0.1, 0.15) is 6.10 Å². The second-order valence-electron chi connectivity index (χ2n) is 5.57. The van der Waals surface area contributed by atoms with E-state index in [1.807, 2.05) is 0 Å². The molecule has 2 fully saturated rings. The Bertz CT molecular complexity index is 380. The zero-order valence-corrected chi connectivity index (χ0v) is 12.6. The largest absolute Gasteiger partial charge is 0.360 e. The van der Waals surface area contributed by atoms with Gasteiger partial charge in [-0.25, -0.2) is 0 Å². The molecule has 0 radical (unpaired) electrons. The Morgan fingerprint density at radius 3 is 2.67 bits per heavy atom. The summed E-state index contributed by atoms with van der Waals surface area (Å²) in [5, 5.41) is 8.96. The summed E-state index contributed by atoms with van der Waals surface area (Å²) in [5.74, 6) is 0.788. The molecule has 0 aromatic heterocycles. The molecule has 1 heterocycles. The Balaban J connectivity index is 2.15. The number of alkyl halides is 1. The van der Waals surface area contributed by atoms with E-state index in [1.54, 1.807) is 19.0 Å². The second kappa shape index (κ2) is 5.18. The number of rotatable bonds is 1. The van der Waals surface area contributed by atoms with Crippen LogP contribution in [0.1, 0.15) is 19.8 Å². The maximum absolute atomic E-state index is 12.2. The van der Waals surface area contributed by atoms with Gasteiger partial charge in [0.15, 0.2) is 0 Å². The number of hydrogen-bond donors (Lipinski definition) is 0. The first-order valence-electron chi connectivity index (χ1n) is 6.36. The van der Waals surface area contributed by atoms with E-state index in [2.05, 4.69) is 28.9 Å². The quantitative estimate of drug-likeness (QED) is 0.693. The van der Waals surface area contributed by atoms with Crippen molar-refractivity contribution in [3.8, 4) is 6.07 Å².